The van der Waals surface area contributed by atoms with E-state index in [0.717, 1.165) is 47.9 Å². The van der Waals surface area contributed by atoms with Crippen LogP contribution in [-0.4, -0.2) is 38.3 Å². The Hall–Kier alpha value is -1.90. The third kappa shape index (κ3) is 5.83. The van der Waals surface area contributed by atoms with Crippen molar-refractivity contribution >= 4 is 31.9 Å². The topological polar surface area (TPSA) is 75.7 Å². The molecule has 0 saturated heterocycles. The molecule has 1 N–H and O–H groups in total. The van der Waals surface area contributed by atoms with Crippen LogP contribution in [0.4, 0.5) is 0 Å². The van der Waals surface area contributed by atoms with Gasteiger partial charge in [-0.3, -0.25) is 4.79 Å². The lowest BCUT2D eigenvalue weighted by atomic mass is 9.95. The molecule has 6 nitrogen and oxygen atoms in total. The fraction of sp³-hybridized carbons (Fsp3) is 0.409. The summed E-state index contributed by atoms with van der Waals surface area (Å²) in [6.07, 6.45) is 4.62. The Morgan fingerprint density at radius 2 is 1.70 bits per heavy atom. The van der Waals surface area contributed by atoms with E-state index in [9.17, 15) is 13.2 Å². The van der Waals surface area contributed by atoms with Gasteiger partial charge in [0, 0.05) is 17.1 Å². The zero-order valence-electron chi connectivity index (χ0n) is 17.0. The van der Waals surface area contributed by atoms with Gasteiger partial charge in [-0.2, -0.15) is 4.31 Å². The second kappa shape index (κ2) is 10.4. The summed E-state index contributed by atoms with van der Waals surface area (Å²) in [4.78, 5) is 12.9. The van der Waals surface area contributed by atoms with Crippen molar-refractivity contribution in [2.45, 2.75) is 49.6 Å². The molecule has 0 radical (unpaired) electrons. The summed E-state index contributed by atoms with van der Waals surface area (Å²) in [5, 5.41) is 2.85. The molecule has 0 aromatic heterocycles. The highest BCUT2D eigenvalue weighted by Gasteiger charge is 2.33. The van der Waals surface area contributed by atoms with E-state index in [2.05, 4.69) is 21.2 Å². The fourth-order valence-corrected chi connectivity index (χ4v) is 5.57. The maximum Gasteiger partial charge on any atom is 0.243 e. The van der Waals surface area contributed by atoms with E-state index in [-0.39, 0.29) is 23.4 Å². The third-order valence-electron chi connectivity index (χ3n) is 5.35. The van der Waals surface area contributed by atoms with E-state index < -0.39 is 10.0 Å². The first kappa shape index (κ1) is 22.8. The van der Waals surface area contributed by atoms with Crippen molar-refractivity contribution in [3.05, 3.63) is 58.6 Å². The van der Waals surface area contributed by atoms with Crippen LogP contribution in [0, 0.1) is 0 Å². The highest BCUT2D eigenvalue weighted by atomic mass is 79.9. The van der Waals surface area contributed by atoms with E-state index in [1.807, 2.05) is 24.3 Å². The number of carbonyl (C=O) groups excluding carboxylic acids is 1. The summed E-state index contributed by atoms with van der Waals surface area (Å²) in [5.41, 5.74) is 0.920. The van der Waals surface area contributed by atoms with E-state index in [1.54, 1.807) is 31.4 Å². The van der Waals surface area contributed by atoms with E-state index in [0.29, 0.717) is 6.54 Å². The first-order valence-electron chi connectivity index (χ1n) is 10.1. The number of methoxy groups -OCH3 is 1. The van der Waals surface area contributed by atoms with Gasteiger partial charge >= 0.3 is 0 Å². The number of ether oxygens (including phenoxy) is 1. The van der Waals surface area contributed by atoms with Crippen LogP contribution in [0.3, 0.4) is 0 Å². The summed E-state index contributed by atoms with van der Waals surface area (Å²) in [6, 6.07) is 13.8. The summed E-state index contributed by atoms with van der Waals surface area (Å²) in [6.45, 7) is 0.152. The van der Waals surface area contributed by atoms with Crippen LogP contribution in [0.1, 0.15) is 37.7 Å². The normalized spacial score (nSPS) is 15.2. The molecular formula is C22H27BrN2O4S. The van der Waals surface area contributed by atoms with Gasteiger partial charge in [0.2, 0.25) is 15.9 Å². The van der Waals surface area contributed by atoms with Crippen LogP contribution in [0.2, 0.25) is 0 Å². The second-order valence-corrected chi connectivity index (χ2v) is 10.2. The van der Waals surface area contributed by atoms with E-state index in [4.69, 9.17) is 4.74 Å². The highest BCUT2D eigenvalue weighted by Crippen LogP contribution is 2.28. The van der Waals surface area contributed by atoms with Gasteiger partial charge in [-0.15, -0.1) is 0 Å². The van der Waals surface area contributed by atoms with Crippen LogP contribution in [0.5, 0.6) is 5.75 Å². The molecule has 3 rings (SSSR count). The van der Waals surface area contributed by atoms with Crippen LogP contribution in [0.25, 0.3) is 0 Å². The number of halogens is 1. The smallest absolute Gasteiger partial charge is 0.243 e. The molecule has 1 aliphatic carbocycles. The minimum atomic E-state index is -3.77. The monoisotopic (exact) mass is 494 g/mol. The molecule has 1 aliphatic rings. The van der Waals surface area contributed by atoms with Gasteiger partial charge in [0.25, 0.3) is 0 Å². The quantitative estimate of drug-likeness (QED) is 0.599. The number of nitrogens with one attached hydrogen (secondary N) is 1. The van der Waals surface area contributed by atoms with Crippen LogP contribution < -0.4 is 10.1 Å². The first-order chi connectivity index (χ1) is 14.4. The molecule has 162 valence electrons. The van der Waals surface area contributed by atoms with Crippen molar-refractivity contribution in [1.82, 2.24) is 9.62 Å². The van der Waals surface area contributed by atoms with Crippen molar-refractivity contribution in [2.75, 3.05) is 13.7 Å². The van der Waals surface area contributed by atoms with Crippen LogP contribution >= 0.6 is 15.9 Å². The zero-order valence-corrected chi connectivity index (χ0v) is 19.4. The number of nitrogens with zero attached hydrogens (tertiary/aromatic N) is 1. The Morgan fingerprint density at radius 1 is 1.07 bits per heavy atom. The molecule has 1 saturated carbocycles. The number of benzene rings is 2. The number of hydrogen-bond donors (Lipinski definition) is 1. The summed E-state index contributed by atoms with van der Waals surface area (Å²) < 4.78 is 34.0. The highest BCUT2D eigenvalue weighted by molar-refractivity contribution is 9.10. The Labute approximate surface area is 186 Å². The van der Waals surface area contributed by atoms with Crippen molar-refractivity contribution in [1.29, 1.82) is 0 Å². The van der Waals surface area contributed by atoms with Gasteiger partial charge in [-0.1, -0.05) is 47.3 Å². The van der Waals surface area contributed by atoms with E-state index >= 15 is 0 Å². The molecule has 2 aromatic rings. The van der Waals surface area contributed by atoms with Gasteiger partial charge in [-0.25, -0.2) is 8.42 Å². The molecule has 0 atom stereocenters. The number of amides is 1. The minimum Gasteiger partial charge on any atom is -0.497 e. The Bertz CT molecular complexity index is 940. The van der Waals surface area contributed by atoms with Gasteiger partial charge in [0.05, 0.1) is 18.6 Å². The van der Waals surface area contributed by atoms with Gasteiger partial charge in [0.1, 0.15) is 5.75 Å². The molecule has 0 bridgehead atoms. The van der Waals surface area contributed by atoms with Crippen LogP contribution in [0.15, 0.2) is 57.9 Å². The van der Waals surface area contributed by atoms with Gasteiger partial charge < -0.3 is 10.1 Å². The molecule has 30 heavy (non-hydrogen) atoms. The lowest BCUT2D eigenvalue weighted by molar-refractivity contribution is -0.121. The van der Waals surface area contributed by atoms with Crippen molar-refractivity contribution in [3.63, 3.8) is 0 Å². The Kier molecular flexibility index (Phi) is 7.91. The fourth-order valence-electron chi connectivity index (χ4n) is 3.66. The number of sulfonamides is 1. The molecule has 0 heterocycles. The number of rotatable bonds is 8. The largest absolute Gasteiger partial charge is 0.497 e. The predicted molar refractivity (Wildman–Crippen MR) is 120 cm³/mol. The van der Waals surface area contributed by atoms with Crippen LogP contribution in [-0.2, 0) is 21.4 Å². The van der Waals surface area contributed by atoms with Gasteiger partial charge in [0.15, 0.2) is 0 Å². The first-order valence-corrected chi connectivity index (χ1v) is 12.3. The lowest BCUT2D eigenvalue weighted by Gasteiger charge is -2.33. The standard InChI is InChI=1S/C22H27BrN2O4S/c1-29-20-11-7-17(8-12-20)15-24-22(26)16-25(19-5-3-2-4-6-19)30(27,28)21-13-9-18(23)10-14-21/h7-14,19H,2-6,15-16H2,1H3,(H,24,26). The maximum atomic E-state index is 13.3. The number of carbonyl (C=O) groups is 1. The summed E-state index contributed by atoms with van der Waals surface area (Å²) in [7, 11) is -2.17. The zero-order chi connectivity index (χ0) is 21.6. The van der Waals surface area contributed by atoms with Crippen molar-refractivity contribution < 1.29 is 17.9 Å². The summed E-state index contributed by atoms with van der Waals surface area (Å²) >= 11 is 3.34. The second-order valence-electron chi connectivity index (χ2n) is 7.42. The molecule has 0 aliphatic heterocycles. The van der Waals surface area contributed by atoms with Crippen molar-refractivity contribution in [3.8, 4) is 5.75 Å². The number of hydrogen-bond acceptors (Lipinski definition) is 4. The molecule has 2 aromatic carbocycles. The molecule has 8 heteroatoms. The average Bonchev–Trinajstić information content (AvgIpc) is 2.77. The molecular weight excluding hydrogens is 468 g/mol. The Morgan fingerprint density at radius 3 is 2.30 bits per heavy atom. The molecule has 1 fully saturated rings. The van der Waals surface area contributed by atoms with Crippen molar-refractivity contribution in [2.24, 2.45) is 0 Å². The minimum absolute atomic E-state index is 0.154. The average molecular weight is 495 g/mol. The molecule has 0 spiro atoms. The Balaban J connectivity index is 1.73. The lowest BCUT2D eigenvalue weighted by Crippen LogP contribution is -2.46. The predicted octanol–water partition coefficient (Wildman–Crippen LogP) is 4.10. The maximum absolute atomic E-state index is 13.3. The third-order valence-corrected chi connectivity index (χ3v) is 7.79. The van der Waals surface area contributed by atoms with Gasteiger partial charge in [-0.05, 0) is 54.8 Å². The SMILES string of the molecule is COc1ccc(CNC(=O)CN(C2CCCCC2)S(=O)(=O)c2ccc(Br)cc2)cc1. The molecule has 0 unspecified atom stereocenters. The molecule has 1 amide bonds. The van der Waals surface area contributed by atoms with E-state index in [1.165, 1.54) is 4.31 Å². The summed E-state index contributed by atoms with van der Waals surface area (Å²) in [5.74, 6) is 0.436.